The molecule has 0 saturated carbocycles. The van der Waals surface area contributed by atoms with Crippen LogP contribution in [0.3, 0.4) is 0 Å². The van der Waals surface area contributed by atoms with Gasteiger partial charge in [-0.15, -0.1) is 0 Å². The molecule has 1 aromatic carbocycles. The largest absolute Gasteiger partial charge is 0.491 e. The van der Waals surface area contributed by atoms with Crippen molar-refractivity contribution in [2.75, 3.05) is 26.2 Å². The molecule has 4 heteroatoms. The zero-order valence-corrected chi connectivity index (χ0v) is 11.7. The summed E-state index contributed by atoms with van der Waals surface area (Å²) in [5.41, 5.74) is 1.14. The van der Waals surface area contributed by atoms with Gasteiger partial charge in [0.25, 0.3) is 0 Å². The Bertz CT molecular complexity index is 415. The zero-order valence-electron chi connectivity index (χ0n) is 11.7. The minimum atomic E-state index is -0.542. The first kappa shape index (κ1) is 15.5. The molecule has 1 unspecified atom stereocenters. The second-order valence-electron chi connectivity index (χ2n) is 4.58. The van der Waals surface area contributed by atoms with Gasteiger partial charge in [-0.3, -0.25) is 4.90 Å². The first-order chi connectivity index (χ1) is 9.15. The smallest absolute Gasteiger partial charge is 0.119 e. The SMILES string of the molecule is CCN(CCC#N)CC(O)COc1cccc(C)c1. The van der Waals surface area contributed by atoms with E-state index in [2.05, 4.69) is 6.07 Å². The third-order valence-corrected chi connectivity index (χ3v) is 2.89. The highest BCUT2D eigenvalue weighted by Crippen LogP contribution is 2.12. The molecule has 1 rings (SSSR count). The molecule has 0 bridgehead atoms. The second-order valence-corrected chi connectivity index (χ2v) is 4.58. The summed E-state index contributed by atoms with van der Waals surface area (Å²) in [7, 11) is 0. The van der Waals surface area contributed by atoms with E-state index in [0.29, 0.717) is 19.5 Å². The van der Waals surface area contributed by atoms with Crippen molar-refractivity contribution in [2.45, 2.75) is 26.4 Å². The summed E-state index contributed by atoms with van der Waals surface area (Å²) in [4.78, 5) is 2.05. The van der Waals surface area contributed by atoms with Crippen LogP contribution in [0.5, 0.6) is 5.75 Å². The molecule has 0 aliphatic heterocycles. The van der Waals surface area contributed by atoms with Gasteiger partial charge in [-0.2, -0.15) is 5.26 Å². The van der Waals surface area contributed by atoms with Crippen molar-refractivity contribution in [1.82, 2.24) is 4.90 Å². The molecule has 4 nitrogen and oxygen atoms in total. The highest BCUT2D eigenvalue weighted by molar-refractivity contribution is 5.27. The van der Waals surface area contributed by atoms with Crippen LogP contribution in [-0.4, -0.2) is 42.4 Å². The summed E-state index contributed by atoms with van der Waals surface area (Å²) in [6.07, 6.45) is -0.0570. The number of hydrogen-bond donors (Lipinski definition) is 1. The van der Waals surface area contributed by atoms with E-state index in [-0.39, 0.29) is 6.61 Å². The van der Waals surface area contributed by atoms with Gasteiger partial charge in [0.05, 0.1) is 6.07 Å². The topological polar surface area (TPSA) is 56.5 Å². The summed E-state index contributed by atoms with van der Waals surface area (Å²) < 4.78 is 5.56. The van der Waals surface area contributed by atoms with Crippen molar-refractivity contribution in [2.24, 2.45) is 0 Å². The number of nitriles is 1. The third-order valence-electron chi connectivity index (χ3n) is 2.89. The van der Waals surface area contributed by atoms with Gasteiger partial charge in [-0.05, 0) is 31.2 Å². The van der Waals surface area contributed by atoms with Gasteiger partial charge >= 0.3 is 0 Å². The summed E-state index contributed by atoms with van der Waals surface area (Å²) in [6.45, 7) is 6.34. The zero-order chi connectivity index (χ0) is 14.1. The lowest BCUT2D eigenvalue weighted by Crippen LogP contribution is -2.36. The molecule has 1 N–H and O–H groups in total. The molecule has 0 amide bonds. The van der Waals surface area contributed by atoms with E-state index in [9.17, 15) is 5.11 Å². The molecule has 1 aromatic rings. The lowest BCUT2D eigenvalue weighted by Gasteiger charge is -2.22. The van der Waals surface area contributed by atoms with Gasteiger partial charge in [0.2, 0.25) is 0 Å². The number of benzene rings is 1. The number of ether oxygens (including phenoxy) is 1. The molecule has 1 atom stereocenters. The van der Waals surface area contributed by atoms with E-state index in [1.54, 1.807) is 0 Å². The Kier molecular flexibility index (Phi) is 6.94. The Hall–Kier alpha value is -1.57. The number of aliphatic hydroxyl groups is 1. The molecule has 0 spiro atoms. The van der Waals surface area contributed by atoms with Crippen LogP contribution in [0.4, 0.5) is 0 Å². The maximum Gasteiger partial charge on any atom is 0.119 e. The van der Waals surface area contributed by atoms with E-state index < -0.39 is 6.10 Å². The minimum Gasteiger partial charge on any atom is -0.491 e. The summed E-state index contributed by atoms with van der Waals surface area (Å²) in [5.74, 6) is 0.777. The Morgan fingerprint density at radius 3 is 2.89 bits per heavy atom. The Labute approximate surface area is 115 Å². The number of hydrogen-bond acceptors (Lipinski definition) is 4. The summed E-state index contributed by atoms with van der Waals surface area (Å²) in [5, 5.41) is 18.5. The molecule has 0 heterocycles. The average molecular weight is 262 g/mol. The van der Waals surface area contributed by atoms with Crippen LogP contribution >= 0.6 is 0 Å². The fraction of sp³-hybridized carbons (Fsp3) is 0.533. The predicted octanol–water partition coefficient (Wildman–Crippen LogP) is 1.97. The fourth-order valence-electron chi connectivity index (χ4n) is 1.83. The van der Waals surface area contributed by atoms with Crippen molar-refractivity contribution in [3.8, 4) is 11.8 Å². The van der Waals surface area contributed by atoms with Crippen molar-refractivity contribution < 1.29 is 9.84 Å². The van der Waals surface area contributed by atoms with E-state index in [1.165, 1.54) is 0 Å². The normalized spacial score (nSPS) is 12.2. The summed E-state index contributed by atoms with van der Waals surface area (Å²) in [6, 6.07) is 9.88. The number of nitrogens with zero attached hydrogens (tertiary/aromatic N) is 2. The monoisotopic (exact) mass is 262 g/mol. The number of rotatable bonds is 8. The Morgan fingerprint density at radius 1 is 1.47 bits per heavy atom. The molecule has 19 heavy (non-hydrogen) atoms. The van der Waals surface area contributed by atoms with Crippen LogP contribution in [0, 0.1) is 18.3 Å². The molecule has 0 radical (unpaired) electrons. The molecular formula is C15H22N2O2. The van der Waals surface area contributed by atoms with Crippen LogP contribution in [0.25, 0.3) is 0 Å². The van der Waals surface area contributed by atoms with E-state index >= 15 is 0 Å². The Morgan fingerprint density at radius 2 is 2.26 bits per heavy atom. The van der Waals surface area contributed by atoms with Crippen molar-refractivity contribution >= 4 is 0 Å². The van der Waals surface area contributed by atoms with Gasteiger partial charge < -0.3 is 9.84 Å². The highest BCUT2D eigenvalue weighted by atomic mass is 16.5. The van der Waals surface area contributed by atoms with E-state index in [1.807, 2.05) is 43.0 Å². The quantitative estimate of drug-likeness (QED) is 0.778. The number of aliphatic hydroxyl groups excluding tert-OH is 1. The van der Waals surface area contributed by atoms with Gasteiger partial charge in [0.15, 0.2) is 0 Å². The van der Waals surface area contributed by atoms with Crippen molar-refractivity contribution in [3.05, 3.63) is 29.8 Å². The summed E-state index contributed by atoms with van der Waals surface area (Å²) >= 11 is 0. The molecule has 104 valence electrons. The maximum atomic E-state index is 9.93. The first-order valence-corrected chi connectivity index (χ1v) is 6.62. The number of aryl methyl sites for hydroxylation is 1. The minimum absolute atomic E-state index is 0.270. The highest BCUT2D eigenvalue weighted by Gasteiger charge is 2.10. The van der Waals surface area contributed by atoms with Gasteiger partial charge in [-0.25, -0.2) is 0 Å². The molecule has 0 aromatic heterocycles. The lowest BCUT2D eigenvalue weighted by atomic mass is 10.2. The predicted molar refractivity (Wildman–Crippen MR) is 75.0 cm³/mol. The molecule has 0 fully saturated rings. The van der Waals surface area contributed by atoms with Gasteiger partial charge in [-0.1, -0.05) is 19.1 Å². The standard InChI is InChI=1S/C15H22N2O2/c1-3-17(9-5-8-16)11-14(18)12-19-15-7-4-6-13(2)10-15/h4,6-7,10,14,18H,3,5,9,11-12H2,1-2H3. The second kappa shape index (κ2) is 8.52. The first-order valence-electron chi connectivity index (χ1n) is 6.62. The van der Waals surface area contributed by atoms with Crippen LogP contribution < -0.4 is 4.74 Å². The van der Waals surface area contributed by atoms with Crippen molar-refractivity contribution in [1.29, 1.82) is 5.26 Å². The van der Waals surface area contributed by atoms with Crippen LogP contribution in [0.1, 0.15) is 18.9 Å². The third kappa shape index (κ3) is 6.23. The van der Waals surface area contributed by atoms with Gasteiger partial charge in [0, 0.05) is 19.5 Å². The average Bonchev–Trinajstić information content (AvgIpc) is 2.41. The van der Waals surface area contributed by atoms with Crippen LogP contribution in [0.2, 0.25) is 0 Å². The molecule has 0 aliphatic rings. The van der Waals surface area contributed by atoms with Crippen LogP contribution in [-0.2, 0) is 0 Å². The molecular weight excluding hydrogens is 240 g/mol. The van der Waals surface area contributed by atoms with Crippen LogP contribution in [0.15, 0.2) is 24.3 Å². The number of likely N-dealkylation sites (N-methyl/N-ethyl adjacent to an activating group) is 1. The van der Waals surface area contributed by atoms with E-state index in [0.717, 1.165) is 17.9 Å². The van der Waals surface area contributed by atoms with E-state index in [4.69, 9.17) is 10.00 Å². The fourth-order valence-corrected chi connectivity index (χ4v) is 1.83. The molecule has 0 aliphatic carbocycles. The van der Waals surface area contributed by atoms with Gasteiger partial charge in [0.1, 0.15) is 18.5 Å². The Balaban J connectivity index is 2.34. The van der Waals surface area contributed by atoms with Crippen molar-refractivity contribution in [3.63, 3.8) is 0 Å². The lowest BCUT2D eigenvalue weighted by molar-refractivity contribution is 0.0705. The molecule has 0 saturated heterocycles. The maximum absolute atomic E-state index is 9.93.